The summed E-state index contributed by atoms with van der Waals surface area (Å²) >= 11 is 0. The van der Waals surface area contributed by atoms with E-state index in [4.69, 9.17) is 4.74 Å². The van der Waals surface area contributed by atoms with Crippen molar-refractivity contribution >= 4 is 11.9 Å². The predicted molar refractivity (Wildman–Crippen MR) is 107 cm³/mol. The number of nitrogens with one attached hydrogen (secondary N) is 1. The summed E-state index contributed by atoms with van der Waals surface area (Å²) in [5.74, 6) is -0.917. The summed E-state index contributed by atoms with van der Waals surface area (Å²) in [5.41, 5.74) is 3.56. The van der Waals surface area contributed by atoms with E-state index in [0.717, 1.165) is 16.8 Å². The number of carbonyl (C=O) groups is 2. The summed E-state index contributed by atoms with van der Waals surface area (Å²) in [5, 5.41) is 7.25. The first-order chi connectivity index (χ1) is 13.5. The largest absolute Gasteiger partial charge is 0.449 e. The summed E-state index contributed by atoms with van der Waals surface area (Å²) < 4.78 is 7.02. The maximum Gasteiger partial charge on any atom is 0.342 e. The molecule has 6 heteroatoms. The van der Waals surface area contributed by atoms with E-state index in [9.17, 15) is 9.59 Å². The first-order valence-electron chi connectivity index (χ1n) is 9.20. The zero-order valence-electron chi connectivity index (χ0n) is 16.2. The molecule has 3 aromatic rings. The zero-order chi connectivity index (χ0) is 20.1. The molecule has 0 unspecified atom stereocenters. The highest BCUT2D eigenvalue weighted by Crippen LogP contribution is 2.25. The Morgan fingerprint density at radius 2 is 1.79 bits per heavy atom. The van der Waals surface area contributed by atoms with Crippen molar-refractivity contribution in [3.63, 3.8) is 0 Å². The summed E-state index contributed by atoms with van der Waals surface area (Å²) in [7, 11) is 0. The molecule has 1 atom stereocenters. The number of hydrogen-bond acceptors (Lipinski definition) is 4. The van der Waals surface area contributed by atoms with Crippen LogP contribution in [0, 0.1) is 6.92 Å². The van der Waals surface area contributed by atoms with Gasteiger partial charge in [-0.3, -0.25) is 4.79 Å². The third-order valence-corrected chi connectivity index (χ3v) is 4.28. The van der Waals surface area contributed by atoms with E-state index < -0.39 is 12.1 Å². The van der Waals surface area contributed by atoms with Crippen LogP contribution in [-0.4, -0.2) is 34.3 Å². The number of aromatic nitrogens is 2. The first kappa shape index (κ1) is 19.4. The van der Waals surface area contributed by atoms with E-state index >= 15 is 0 Å². The Balaban J connectivity index is 1.98. The molecular weight excluding hydrogens is 354 g/mol. The lowest BCUT2D eigenvalue weighted by Crippen LogP contribution is -2.35. The Morgan fingerprint density at radius 3 is 2.43 bits per heavy atom. The number of para-hydroxylation sites is 1. The molecule has 1 amide bonds. The van der Waals surface area contributed by atoms with Gasteiger partial charge in [-0.25, -0.2) is 9.48 Å². The second kappa shape index (κ2) is 8.52. The standard InChI is InChI=1S/C22H23N3O3/c1-4-23-21(26)16(3)28-22(27)19-14-25(18-8-6-5-7-9-18)24-20(19)17-12-10-15(2)11-13-17/h5-14,16H,4H2,1-3H3,(H,23,26)/t16-/m1/s1. The van der Waals surface area contributed by atoms with Crippen LogP contribution >= 0.6 is 0 Å². The highest BCUT2D eigenvalue weighted by atomic mass is 16.5. The van der Waals surface area contributed by atoms with Crippen molar-refractivity contribution in [2.45, 2.75) is 26.9 Å². The van der Waals surface area contributed by atoms with Crippen molar-refractivity contribution in [1.29, 1.82) is 0 Å². The van der Waals surface area contributed by atoms with E-state index in [-0.39, 0.29) is 5.91 Å². The van der Waals surface area contributed by atoms with Crippen LogP contribution in [0.1, 0.15) is 29.8 Å². The molecule has 1 heterocycles. The number of likely N-dealkylation sites (N-methyl/N-ethyl adjacent to an activating group) is 1. The molecule has 0 bridgehead atoms. The molecule has 1 aromatic heterocycles. The predicted octanol–water partition coefficient (Wildman–Crippen LogP) is 3.53. The number of carbonyl (C=O) groups excluding carboxylic acids is 2. The van der Waals surface area contributed by atoms with Gasteiger partial charge in [0.05, 0.1) is 5.69 Å². The average Bonchev–Trinajstić information content (AvgIpc) is 3.15. The van der Waals surface area contributed by atoms with Gasteiger partial charge in [0.1, 0.15) is 11.3 Å². The second-order valence-electron chi connectivity index (χ2n) is 6.48. The second-order valence-corrected chi connectivity index (χ2v) is 6.48. The maximum absolute atomic E-state index is 12.8. The monoisotopic (exact) mass is 377 g/mol. The van der Waals surface area contributed by atoms with E-state index in [1.807, 2.05) is 68.4 Å². The van der Waals surface area contributed by atoms with Crippen LogP contribution in [0.3, 0.4) is 0 Å². The molecule has 28 heavy (non-hydrogen) atoms. The van der Waals surface area contributed by atoms with Gasteiger partial charge in [-0.2, -0.15) is 5.10 Å². The molecule has 0 fully saturated rings. The molecule has 0 saturated carbocycles. The fourth-order valence-corrected chi connectivity index (χ4v) is 2.76. The number of benzene rings is 2. The lowest BCUT2D eigenvalue weighted by atomic mass is 10.1. The van der Waals surface area contributed by atoms with E-state index in [2.05, 4.69) is 10.4 Å². The molecule has 0 aliphatic rings. The number of aryl methyl sites for hydroxylation is 1. The molecule has 0 spiro atoms. The van der Waals surface area contributed by atoms with Gasteiger partial charge in [0.25, 0.3) is 5.91 Å². The Hall–Kier alpha value is -3.41. The van der Waals surface area contributed by atoms with Gasteiger partial charge in [0, 0.05) is 18.3 Å². The van der Waals surface area contributed by atoms with Crippen LogP contribution in [0.5, 0.6) is 0 Å². The lowest BCUT2D eigenvalue weighted by Gasteiger charge is -2.12. The van der Waals surface area contributed by atoms with Crippen molar-refractivity contribution in [3.05, 3.63) is 71.9 Å². The van der Waals surface area contributed by atoms with Crippen LogP contribution < -0.4 is 5.32 Å². The first-order valence-corrected chi connectivity index (χ1v) is 9.20. The summed E-state index contributed by atoms with van der Waals surface area (Å²) in [4.78, 5) is 24.7. The SMILES string of the molecule is CCNC(=O)[C@@H](C)OC(=O)c1cn(-c2ccccc2)nc1-c1ccc(C)cc1. The molecule has 0 radical (unpaired) electrons. The minimum absolute atomic E-state index is 0.309. The number of nitrogens with zero attached hydrogens (tertiary/aromatic N) is 2. The van der Waals surface area contributed by atoms with E-state index in [0.29, 0.717) is 17.8 Å². The van der Waals surface area contributed by atoms with Crippen LogP contribution in [0.4, 0.5) is 0 Å². The number of amides is 1. The Morgan fingerprint density at radius 1 is 1.11 bits per heavy atom. The van der Waals surface area contributed by atoms with Gasteiger partial charge in [0.15, 0.2) is 6.10 Å². The van der Waals surface area contributed by atoms with E-state index in [1.165, 1.54) is 0 Å². The highest BCUT2D eigenvalue weighted by Gasteiger charge is 2.24. The molecule has 0 saturated heterocycles. The minimum Gasteiger partial charge on any atom is -0.449 e. The number of rotatable bonds is 6. The Labute approximate surface area is 164 Å². The smallest absolute Gasteiger partial charge is 0.342 e. The fourth-order valence-electron chi connectivity index (χ4n) is 2.76. The normalized spacial score (nSPS) is 11.7. The minimum atomic E-state index is -0.890. The van der Waals surface area contributed by atoms with Crippen LogP contribution in [0.25, 0.3) is 16.9 Å². The van der Waals surface area contributed by atoms with Gasteiger partial charge < -0.3 is 10.1 Å². The quantitative estimate of drug-likeness (QED) is 0.667. The third-order valence-electron chi connectivity index (χ3n) is 4.28. The molecule has 1 N–H and O–H groups in total. The van der Waals surface area contributed by atoms with Crippen molar-refractivity contribution in [2.24, 2.45) is 0 Å². The van der Waals surface area contributed by atoms with E-state index in [1.54, 1.807) is 17.8 Å². The third kappa shape index (κ3) is 4.28. The maximum atomic E-state index is 12.8. The van der Waals surface area contributed by atoms with Crippen LogP contribution in [0.2, 0.25) is 0 Å². The lowest BCUT2D eigenvalue weighted by molar-refractivity contribution is -0.128. The zero-order valence-corrected chi connectivity index (χ0v) is 16.2. The molecule has 2 aromatic carbocycles. The molecule has 144 valence electrons. The summed E-state index contributed by atoms with van der Waals surface area (Å²) in [6, 6.07) is 17.3. The Bertz CT molecular complexity index is 962. The molecule has 0 aliphatic carbocycles. The van der Waals surface area contributed by atoms with Crippen molar-refractivity contribution in [2.75, 3.05) is 6.54 Å². The molecule has 3 rings (SSSR count). The Kier molecular flexibility index (Phi) is 5.89. The fraction of sp³-hybridized carbons (Fsp3) is 0.227. The summed E-state index contributed by atoms with van der Waals surface area (Å²) in [6.07, 6.45) is 0.746. The number of ether oxygens (including phenoxy) is 1. The topological polar surface area (TPSA) is 73.2 Å². The number of esters is 1. The molecule has 0 aliphatic heterocycles. The molecular formula is C22H23N3O3. The summed E-state index contributed by atoms with van der Waals surface area (Å²) in [6.45, 7) is 5.83. The molecule has 6 nitrogen and oxygen atoms in total. The van der Waals surface area contributed by atoms with Crippen LogP contribution in [-0.2, 0) is 9.53 Å². The van der Waals surface area contributed by atoms with Crippen molar-refractivity contribution < 1.29 is 14.3 Å². The van der Waals surface area contributed by atoms with Gasteiger partial charge in [-0.05, 0) is 32.9 Å². The van der Waals surface area contributed by atoms with Gasteiger partial charge in [0.2, 0.25) is 0 Å². The van der Waals surface area contributed by atoms with Crippen molar-refractivity contribution in [3.8, 4) is 16.9 Å². The van der Waals surface area contributed by atoms with Gasteiger partial charge in [-0.1, -0.05) is 48.0 Å². The average molecular weight is 377 g/mol. The van der Waals surface area contributed by atoms with Gasteiger partial charge >= 0.3 is 5.97 Å². The number of hydrogen-bond donors (Lipinski definition) is 1. The van der Waals surface area contributed by atoms with Crippen molar-refractivity contribution in [1.82, 2.24) is 15.1 Å². The van der Waals surface area contributed by atoms with Gasteiger partial charge in [-0.15, -0.1) is 0 Å². The van der Waals surface area contributed by atoms with Crippen LogP contribution in [0.15, 0.2) is 60.8 Å². The highest BCUT2D eigenvalue weighted by molar-refractivity contribution is 5.97.